The van der Waals surface area contributed by atoms with Gasteiger partial charge in [-0.3, -0.25) is 9.59 Å². The zero-order valence-electron chi connectivity index (χ0n) is 8.11. The first kappa shape index (κ1) is 12.6. The van der Waals surface area contributed by atoms with Crippen LogP contribution in [0.25, 0.3) is 0 Å². The van der Waals surface area contributed by atoms with Gasteiger partial charge in [-0.2, -0.15) is 0 Å². The van der Waals surface area contributed by atoms with Gasteiger partial charge in [0.25, 0.3) is 0 Å². The largest absolute Gasteiger partial charge is 0.395 e. The number of nitrogens with zero attached hydrogens (tertiary/aromatic N) is 1. The van der Waals surface area contributed by atoms with Crippen molar-refractivity contribution in [3.8, 4) is 0 Å². The van der Waals surface area contributed by atoms with E-state index in [0.29, 0.717) is 13.0 Å². The summed E-state index contributed by atoms with van der Waals surface area (Å²) in [5.74, 6) is -0.636. The fraction of sp³-hybridized carbons (Fsp3) is 0.556. The Kier molecular flexibility index (Phi) is 6.39. The quantitative estimate of drug-likeness (QED) is 0.531. The van der Waals surface area contributed by atoms with Crippen LogP contribution < -0.4 is 5.73 Å². The van der Waals surface area contributed by atoms with Gasteiger partial charge in [0, 0.05) is 19.5 Å². The minimum atomic E-state index is -0.389. The molecule has 2 amide bonds. The van der Waals surface area contributed by atoms with Crippen molar-refractivity contribution >= 4 is 11.8 Å². The molecule has 0 aliphatic heterocycles. The third-order valence-electron chi connectivity index (χ3n) is 1.71. The predicted octanol–water partition coefficient (Wildman–Crippen LogP) is -0.741. The van der Waals surface area contributed by atoms with E-state index in [4.69, 9.17) is 10.8 Å². The van der Waals surface area contributed by atoms with Crippen molar-refractivity contribution in [3.63, 3.8) is 0 Å². The first-order chi connectivity index (χ1) is 6.61. The summed E-state index contributed by atoms with van der Waals surface area (Å²) in [4.78, 5) is 23.0. The number of primary amides is 1. The topological polar surface area (TPSA) is 83.6 Å². The molecule has 0 unspecified atom stereocenters. The van der Waals surface area contributed by atoms with Crippen molar-refractivity contribution in [3.05, 3.63) is 12.7 Å². The van der Waals surface area contributed by atoms with Gasteiger partial charge in [0.1, 0.15) is 0 Å². The molecule has 0 aromatic rings. The molecule has 0 atom stereocenters. The maximum Gasteiger partial charge on any atom is 0.246 e. The van der Waals surface area contributed by atoms with Crippen LogP contribution in [-0.4, -0.2) is 41.5 Å². The third-order valence-corrected chi connectivity index (χ3v) is 1.71. The van der Waals surface area contributed by atoms with E-state index in [-0.39, 0.29) is 31.4 Å². The van der Waals surface area contributed by atoms with E-state index in [0.717, 1.165) is 0 Å². The summed E-state index contributed by atoms with van der Waals surface area (Å²) in [6.45, 7) is 3.91. The molecule has 0 spiro atoms. The Labute approximate surface area is 83.2 Å². The first-order valence-electron chi connectivity index (χ1n) is 4.42. The van der Waals surface area contributed by atoms with Crippen LogP contribution in [0.4, 0.5) is 0 Å². The van der Waals surface area contributed by atoms with E-state index < -0.39 is 0 Å². The summed E-state index contributed by atoms with van der Waals surface area (Å²) >= 11 is 0. The van der Waals surface area contributed by atoms with E-state index in [2.05, 4.69) is 6.58 Å². The molecular weight excluding hydrogens is 184 g/mol. The molecule has 0 aliphatic rings. The number of amides is 2. The maximum absolute atomic E-state index is 11.2. The Morgan fingerprint density at radius 3 is 2.50 bits per heavy atom. The number of aliphatic hydroxyl groups excluding tert-OH is 1. The standard InChI is InChI=1S/C9H16N2O3/c1-2-9(14)11(6-7-12)5-3-4-8(10)13/h2,12H,1,3-7H2,(H2,10,13). The number of carbonyl (C=O) groups excluding carboxylic acids is 2. The monoisotopic (exact) mass is 200 g/mol. The second-order valence-corrected chi connectivity index (χ2v) is 2.82. The van der Waals surface area contributed by atoms with Crippen LogP contribution in [0, 0.1) is 0 Å². The van der Waals surface area contributed by atoms with Crippen LogP contribution >= 0.6 is 0 Å². The lowest BCUT2D eigenvalue weighted by Gasteiger charge is -2.19. The molecule has 3 N–H and O–H groups in total. The molecule has 0 saturated carbocycles. The molecule has 0 rings (SSSR count). The fourth-order valence-corrected chi connectivity index (χ4v) is 1.03. The molecule has 0 aromatic heterocycles. The van der Waals surface area contributed by atoms with Crippen LogP contribution in [0.1, 0.15) is 12.8 Å². The zero-order valence-corrected chi connectivity index (χ0v) is 8.11. The van der Waals surface area contributed by atoms with Crippen molar-refractivity contribution in [2.24, 2.45) is 5.73 Å². The molecule has 0 aliphatic carbocycles. The summed E-state index contributed by atoms with van der Waals surface area (Å²) in [7, 11) is 0. The highest BCUT2D eigenvalue weighted by molar-refractivity contribution is 5.87. The average molecular weight is 200 g/mol. The lowest BCUT2D eigenvalue weighted by atomic mass is 10.2. The van der Waals surface area contributed by atoms with Crippen LogP contribution in [0.15, 0.2) is 12.7 Å². The molecule has 0 aromatic carbocycles. The van der Waals surface area contributed by atoms with Crippen LogP contribution in [0.3, 0.4) is 0 Å². The van der Waals surface area contributed by atoms with Gasteiger partial charge in [0.05, 0.1) is 6.61 Å². The molecule has 0 fully saturated rings. The summed E-state index contributed by atoms with van der Waals surface area (Å²) in [5, 5.41) is 8.67. The Morgan fingerprint density at radius 2 is 2.07 bits per heavy atom. The lowest BCUT2D eigenvalue weighted by Crippen LogP contribution is -2.33. The molecule has 14 heavy (non-hydrogen) atoms. The summed E-state index contributed by atoms with van der Waals surface area (Å²) in [6, 6.07) is 0. The van der Waals surface area contributed by atoms with Gasteiger partial charge in [0.2, 0.25) is 11.8 Å². The van der Waals surface area contributed by atoms with Gasteiger partial charge in [-0.1, -0.05) is 6.58 Å². The van der Waals surface area contributed by atoms with E-state index in [1.54, 1.807) is 0 Å². The Hall–Kier alpha value is -1.36. The molecular formula is C9H16N2O3. The van der Waals surface area contributed by atoms with Gasteiger partial charge in [-0.05, 0) is 12.5 Å². The van der Waals surface area contributed by atoms with Gasteiger partial charge in [-0.25, -0.2) is 0 Å². The molecule has 80 valence electrons. The highest BCUT2D eigenvalue weighted by Gasteiger charge is 2.08. The molecule has 0 radical (unpaired) electrons. The Morgan fingerprint density at radius 1 is 1.43 bits per heavy atom. The van der Waals surface area contributed by atoms with Gasteiger partial charge in [-0.15, -0.1) is 0 Å². The Bertz CT molecular complexity index is 216. The predicted molar refractivity (Wildman–Crippen MR) is 52.3 cm³/mol. The van der Waals surface area contributed by atoms with Gasteiger partial charge in [0.15, 0.2) is 0 Å². The second-order valence-electron chi connectivity index (χ2n) is 2.82. The molecule has 0 bridgehead atoms. The summed E-state index contributed by atoms with van der Waals surface area (Å²) < 4.78 is 0. The van der Waals surface area contributed by atoms with E-state index in [1.165, 1.54) is 11.0 Å². The number of hydrogen-bond acceptors (Lipinski definition) is 3. The van der Waals surface area contributed by atoms with Gasteiger partial charge >= 0.3 is 0 Å². The first-order valence-corrected chi connectivity index (χ1v) is 4.42. The molecule has 5 heteroatoms. The van der Waals surface area contributed by atoms with Crippen molar-refractivity contribution in [1.82, 2.24) is 4.90 Å². The van der Waals surface area contributed by atoms with Crippen molar-refractivity contribution in [1.29, 1.82) is 0 Å². The number of hydrogen-bond donors (Lipinski definition) is 2. The number of rotatable bonds is 7. The molecule has 0 saturated heterocycles. The van der Waals surface area contributed by atoms with Crippen molar-refractivity contribution in [2.45, 2.75) is 12.8 Å². The lowest BCUT2D eigenvalue weighted by molar-refractivity contribution is -0.127. The maximum atomic E-state index is 11.2. The van der Waals surface area contributed by atoms with Crippen molar-refractivity contribution in [2.75, 3.05) is 19.7 Å². The van der Waals surface area contributed by atoms with Crippen LogP contribution in [0.2, 0.25) is 0 Å². The van der Waals surface area contributed by atoms with E-state index in [9.17, 15) is 9.59 Å². The highest BCUT2D eigenvalue weighted by atomic mass is 16.3. The number of carbonyl (C=O) groups is 2. The molecule has 5 nitrogen and oxygen atoms in total. The Balaban J connectivity index is 3.90. The van der Waals surface area contributed by atoms with Crippen molar-refractivity contribution < 1.29 is 14.7 Å². The van der Waals surface area contributed by atoms with Gasteiger partial charge < -0.3 is 15.7 Å². The number of aliphatic hydroxyl groups is 1. The smallest absolute Gasteiger partial charge is 0.246 e. The fourth-order valence-electron chi connectivity index (χ4n) is 1.03. The van der Waals surface area contributed by atoms with E-state index in [1.807, 2.05) is 0 Å². The average Bonchev–Trinajstić information content (AvgIpc) is 2.15. The summed E-state index contributed by atoms with van der Waals surface area (Å²) in [6.07, 6.45) is 1.93. The molecule has 0 heterocycles. The second kappa shape index (κ2) is 7.08. The normalized spacial score (nSPS) is 9.50. The minimum Gasteiger partial charge on any atom is -0.395 e. The summed E-state index contributed by atoms with van der Waals surface area (Å²) in [5.41, 5.74) is 4.95. The third kappa shape index (κ3) is 5.31. The van der Waals surface area contributed by atoms with Crippen LogP contribution in [0.5, 0.6) is 0 Å². The highest BCUT2D eigenvalue weighted by Crippen LogP contribution is 1.96. The SMILES string of the molecule is C=CC(=O)N(CCO)CCCC(N)=O. The van der Waals surface area contributed by atoms with Crippen LogP contribution in [-0.2, 0) is 9.59 Å². The number of nitrogens with two attached hydrogens (primary N) is 1. The van der Waals surface area contributed by atoms with E-state index >= 15 is 0 Å². The zero-order chi connectivity index (χ0) is 11.0. The minimum absolute atomic E-state index is 0.101.